The highest BCUT2D eigenvalue weighted by atomic mass is 32.1. The maximum absolute atomic E-state index is 12.3. The number of aromatic amines is 1. The van der Waals surface area contributed by atoms with E-state index in [-0.39, 0.29) is 11.9 Å². The van der Waals surface area contributed by atoms with Crippen LogP contribution in [0.15, 0.2) is 6.07 Å². The van der Waals surface area contributed by atoms with Crippen molar-refractivity contribution in [3.63, 3.8) is 0 Å². The highest BCUT2D eigenvalue weighted by Crippen LogP contribution is 2.24. The van der Waals surface area contributed by atoms with E-state index in [1.807, 2.05) is 26.8 Å². The number of H-pyrrole nitrogens is 1. The third-order valence-electron chi connectivity index (χ3n) is 3.17. The molecule has 2 aromatic heterocycles. The second kappa shape index (κ2) is 6.39. The molecule has 1 amide bonds. The SMILES string of the molecule is Cc1cc(C[C@H](C)NC(=O)c2sc(C(C)C)nc2C)n[nH]1. The molecule has 1 atom stereocenters. The van der Waals surface area contributed by atoms with Crippen LogP contribution < -0.4 is 5.32 Å². The second-order valence-corrected chi connectivity index (χ2v) is 6.77. The summed E-state index contributed by atoms with van der Waals surface area (Å²) in [4.78, 5) is 17.5. The molecule has 0 aliphatic rings. The lowest BCUT2D eigenvalue weighted by Crippen LogP contribution is -2.34. The molecular formula is C15H22N4OS. The number of carbonyl (C=O) groups excluding carboxylic acids is 1. The number of hydrogen-bond donors (Lipinski definition) is 2. The van der Waals surface area contributed by atoms with E-state index in [9.17, 15) is 4.79 Å². The maximum Gasteiger partial charge on any atom is 0.263 e. The summed E-state index contributed by atoms with van der Waals surface area (Å²) in [5, 5.41) is 11.1. The number of aryl methyl sites for hydroxylation is 2. The number of nitrogens with one attached hydrogen (secondary N) is 2. The number of thiazole rings is 1. The molecule has 0 aromatic carbocycles. The van der Waals surface area contributed by atoms with Crippen LogP contribution in [0.3, 0.4) is 0 Å². The van der Waals surface area contributed by atoms with E-state index < -0.39 is 0 Å². The molecule has 2 aromatic rings. The molecular weight excluding hydrogens is 284 g/mol. The van der Waals surface area contributed by atoms with Gasteiger partial charge in [-0.15, -0.1) is 11.3 Å². The van der Waals surface area contributed by atoms with Gasteiger partial charge in [0.05, 0.1) is 16.4 Å². The molecule has 2 heterocycles. The van der Waals surface area contributed by atoms with E-state index in [0.717, 1.165) is 22.1 Å². The Hall–Kier alpha value is -1.69. The third kappa shape index (κ3) is 3.91. The van der Waals surface area contributed by atoms with Crippen molar-refractivity contribution in [3.05, 3.63) is 33.0 Å². The van der Waals surface area contributed by atoms with Crippen molar-refractivity contribution in [1.29, 1.82) is 0 Å². The molecule has 114 valence electrons. The Bertz CT molecular complexity index is 629. The molecule has 0 aliphatic carbocycles. The standard InChI is InChI=1S/C15H22N4OS/c1-8(2)15-17-11(5)13(21-15)14(20)16-9(3)6-12-7-10(4)18-19-12/h7-9H,6H2,1-5H3,(H,16,20)(H,18,19)/t9-/m0/s1. The minimum absolute atomic E-state index is 0.0317. The maximum atomic E-state index is 12.3. The zero-order chi connectivity index (χ0) is 15.6. The predicted octanol–water partition coefficient (Wildman–Crippen LogP) is 2.97. The van der Waals surface area contributed by atoms with E-state index in [1.54, 1.807) is 0 Å². The lowest BCUT2D eigenvalue weighted by atomic mass is 10.1. The van der Waals surface area contributed by atoms with Gasteiger partial charge >= 0.3 is 0 Å². The number of aromatic nitrogens is 3. The van der Waals surface area contributed by atoms with Crippen molar-refractivity contribution in [2.45, 2.75) is 53.0 Å². The average molecular weight is 306 g/mol. The van der Waals surface area contributed by atoms with Gasteiger partial charge in [-0.25, -0.2) is 4.98 Å². The van der Waals surface area contributed by atoms with Crippen LogP contribution in [0.4, 0.5) is 0 Å². The zero-order valence-corrected chi connectivity index (χ0v) is 14.0. The van der Waals surface area contributed by atoms with Crippen LogP contribution in [0.2, 0.25) is 0 Å². The number of rotatable bonds is 5. The molecule has 0 unspecified atom stereocenters. The monoisotopic (exact) mass is 306 g/mol. The van der Waals surface area contributed by atoms with Gasteiger partial charge in [0.15, 0.2) is 0 Å². The number of carbonyl (C=O) groups is 1. The molecule has 21 heavy (non-hydrogen) atoms. The van der Waals surface area contributed by atoms with Gasteiger partial charge in [-0.05, 0) is 26.8 Å². The number of amides is 1. The zero-order valence-electron chi connectivity index (χ0n) is 13.2. The molecule has 0 aliphatic heterocycles. The summed E-state index contributed by atoms with van der Waals surface area (Å²) in [7, 11) is 0. The molecule has 0 radical (unpaired) electrons. The molecule has 0 fully saturated rings. The summed E-state index contributed by atoms with van der Waals surface area (Å²) in [5.41, 5.74) is 2.80. The fraction of sp³-hybridized carbons (Fsp3) is 0.533. The summed E-state index contributed by atoms with van der Waals surface area (Å²) in [6, 6.07) is 2.03. The highest BCUT2D eigenvalue weighted by molar-refractivity contribution is 7.13. The Morgan fingerprint density at radius 1 is 1.38 bits per heavy atom. The lowest BCUT2D eigenvalue weighted by Gasteiger charge is -2.11. The van der Waals surface area contributed by atoms with Crippen molar-refractivity contribution in [2.75, 3.05) is 0 Å². The van der Waals surface area contributed by atoms with Crippen LogP contribution in [0, 0.1) is 13.8 Å². The Labute approximate surface area is 129 Å². The molecule has 0 saturated carbocycles. The van der Waals surface area contributed by atoms with Crippen molar-refractivity contribution < 1.29 is 4.79 Å². The van der Waals surface area contributed by atoms with Gasteiger partial charge in [-0.3, -0.25) is 9.89 Å². The van der Waals surface area contributed by atoms with Crippen molar-refractivity contribution in [2.24, 2.45) is 0 Å². The Morgan fingerprint density at radius 2 is 2.10 bits per heavy atom. The molecule has 0 bridgehead atoms. The van der Waals surface area contributed by atoms with E-state index in [2.05, 4.69) is 34.3 Å². The fourth-order valence-electron chi connectivity index (χ4n) is 2.11. The first-order valence-electron chi connectivity index (χ1n) is 7.16. The fourth-order valence-corrected chi connectivity index (χ4v) is 3.08. The summed E-state index contributed by atoms with van der Waals surface area (Å²) in [6.45, 7) is 10.0. The molecule has 6 heteroatoms. The predicted molar refractivity (Wildman–Crippen MR) is 84.9 cm³/mol. The normalized spacial score (nSPS) is 12.7. The Kier molecular flexibility index (Phi) is 4.77. The second-order valence-electron chi connectivity index (χ2n) is 5.74. The lowest BCUT2D eigenvalue weighted by molar-refractivity contribution is 0.0943. The Morgan fingerprint density at radius 3 is 2.62 bits per heavy atom. The molecule has 0 saturated heterocycles. The summed E-state index contributed by atoms with van der Waals surface area (Å²) in [5.74, 6) is 0.302. The quantitative estimate of drug-likeness (QED) is 0.892. The molecule has 5 nitrogen and oxygen atoms in total. The highest BCUT2D eigenvalue weighted by Gasteiger charge is 2.18. The van der Waals surface area contributed by atoms with Gasteiger partial charge in [-0.2, -0.15) is 5.10 Å². The number of nitrogens with zero attached hydrogens (tertiary/aromatic N) is 2. The van der Waals surface area contributed by atoms with Crippen molar-refractivity contribution in [3.8, 4) is 0 Å². The topological polar surface area (TPSA) is 70.7 Å². The first-order chi connectivity index (χ1) is 9.86. The van der Waals surface area contributed by atoms with E-state index >= 15 is 0 Å². The number of hydrogen-bond acceptors (Lipinski definition) is 4. The smallest absolute Gasteiger partial charge is 0.263 e. The first-order valence-corrected chi connectivity index (χ1v) is 7.97. The van der Waals surface area contributed by atoms with Crippen LogP contribution >= 0.6 is 11.3 Å². The summed E-state index contributed by atoms with van der Waals surface area (Å²) >= 11 is 1.48. The van der Waals surface area contributed by atoms with Gasteiger partial charge in [0.25, 0.3) is 5.91 Å². The molecule has 2 rings (SSSR count). The van der Waals surface area contributed by atoms with Crippen molar-refractivity contribution in [1.82, 2.24) is 20.5 Å². The van der Waals surface area contributed by atoms with Gasteiger partial charge in [0.1, 0.15) is 4.88 Å². The van der Waals surface area contributed by atoms with E-state index in [0.29, 0.717) is 17.2 Å². The third-order valence-corrected chi connectivity index (χ3v) is 4.62. The molecule has 2 N–H and O–H groups in total. The van der Waals surface area contributed by atoms with Gasteiger partial charge in [0.2, 0.25) is 0 Å². The first kappa shape index (κ1) is 15.7. The van der Waals surface area contributed by atoms with Gasteiger partial charge < -0.3 is 5.32 Å². The van der Waals surface area contributed by atoms with Crippen LogP contribution in [-0.2, 0) is 6.42 Å². The van der Waals surface area contributed by atoms with Crippen molar-refractivity contribution >= 4 is 17.2 Å². The van der Waals surface area contributed by atoms with E-state index in [1.165, 1.54) is 11.3 Å². The minimum Gasteiger partial charge on any atom is -0.348 e. The van der Waals surface area contributed by atoms with Gasteiger partial charge in [-0.1, -0.05) is 13.8 Å². The molecule has 0 spiro atoms. The average Bonchev–Trinajstić information content (AvgIpc) is 2.95. The largest absolute Gasteiger partial charge is 0.348 e. The van der Waals surface area contributed by atoms with Crippen LogP contribution in [0.25, 0.3) is 0 Å². The van der Waals surface area contributed by atoms with Crippen LogP contribution in [0.1, 0.15) is 58.5 Å². The summed E-state index contributed by atoms with van der Waals surface area (Å²) < 4.78 is 0. The minimum atomic E-state index is -0.0448. The van der Waals surface area contributed by atoms with E-state index in [4.69, 9.17) is 0 Å². The van der Waals surface area contributed by atoms with Crippen LogP contribution in [-0.4, -0.2) is 27.1 Å². The summed E-state index contributed by atoms with van der Waals surface area (Å²) in [6.07, 6.45) is 0.713. The van der Waals surface area contributed by atoms with Gasteiger partial charge in [0, 0.05) is 24.1 Å². The van der Waals surface area contributed by atoms with Crippen LogP contribution in [0.5, 0.6) is 0 Å². The Balaban J connectivity index is 2.00.